The van der Waals surface area contributed by atoms with Crippen molar-refractivity contribution in [3.8, 4) is 0 Å². The quantitative estimate of drug-likeness (QED) is 0.916. The molecular formula is C19H23N3O2. The van der Waals surface area contributed by atoms with Crippen molar-refractivity contribution in [1.29, 1.82) is 0 Å². The van der Waals surface area contributed by atoms with Crippen LogP contribution in [0.2, 0.25) is 0 Å². The minimum absolute atomic E-state index is 0.000464. The first-order valence-corrected chi connectivity index (χ1v) is 8.88. The summed E-state index contributed by atoms with van der Waals surface area (Å²) in [6, 6.07) is 8.77. The van der Waals surface area contributed by atoms with Crippen LogP contribution in [0.5, 0.6) is 0 Å². The maximum Gasteiger partial charge on any atom is 0.230 e. The summed E-state index contributed by atoms with van der Waals surface area (Å²) in [6.45, 7) is 2.14. The third-order valence-corrected chi connectivity index (χ3v) is 5.22. The molecule has 2 atom stereocenters. The Morgan fingerprint density at radius 3 is 2.83 bits per heavy atom. The maximum atomic E-state index is 12.1. The first kappa shape index (κ1) is 15.4. The predicted octanol–water partition coefficient (Wildman–Crippen LogP) is 3.25. The molecule has 1 N–H and O–H groups in total. The lowest BCUT2D eigenvalue weighted by Crippen LogP contribution is -2.33. The minimum Gasteiger partial charge on any atom is -0.353 e. The summed E-state index contributed by atoms with van der Waals surface area (Å²) in [5.41, 5.74) is 2.67. The smallest absolute Gasteiger partial charge is 0.230 e. The summed E-state index contributed by atoms with van der Waals surface area (Å²) < 4.78 is 5.41. The van der Waals surface area contributed by atoms with Gasteiger partial charge < -0.3 is 9.84 Å². The van der Waals surface area contributed by atoms with Gasteiger partial charge in [0.25, 0.3) is 0 Å². The molecule has 0 unspecified atom stereocenters. The zero-order valence-corrected chi connectivity index (χ0v) is 14.0. The number of carbonyl (C=O) groups excluding carboxylic acids is 1. The second-order valence-electron chi connectivity index (χ2n) is 7.08. The highest BCUT2D eigenvalue weighted by molar-refractivity contribution is 5.78. The van der Waals surface area contributed by atoms with Crippen LogP contribution in [0.25, 0.3) is 0 Å². The number of aromatic nitrogens is 2. The van der Waals surface area contributed by atoms with E-state index < -0.39 is 0 Å². The number of nitrogens with one attached hydrogen (secondary N) is 1. The summed E-state index contributed by atoms with van der Waals surface area (Å²) in [7, 11) is 0. The van der Waals surface area contributed by atoms with Crippen LogP contribution in [0.15, 0.2) is 28.8 Å². The Kier molecular flexibility index (Phi) is 4.08. The van der Waals surface area contributed by atoms with E-state index in [1.165, 1.54) is 24.0 Å². The Morgan fingerprint density at radius 2 is 2.04 bits per heavy atom. The number of aryl methyl sites for hydroxylation is 1. The van der Waals surface area contributed by atoms with E-state index in [9.17, 15) is 4.79 Å². The van der Waals surface area contributed by atoms with E-state index in [0.717, 1.165) is 19.3 Å². The molecule has 0 spiro atoms. The summed E-state index contributed by atoms with van der Waals surface area (Å²) >= 11 is 0. The van der Waals surface area contributed by atoms with Gasteiger partial charge >= 0.3 is 0 Å². The Hall–Kier alpha value is -2.17. The van der Waals surface area contributed by atoms with E-state index in [1.807, 2.05) is 0 Å². The van der Waals surface area contributed by atoms with Gasteiger partial charge in [-0.05, 0) is 43.2 Å². The molecular weight excluding hydrogens is 302 g/mol. The highest BCUT2D eigenvalue weighted by Crippen LogP contribution is 2.54. The molecule has 1 amide bonds. The molecule has 4 rings (SSSR count). The van der Waals surface area contributed by atoms with Crippen LogP contribution in [-0.4, -0.2) is 22.1 Å². The van der Waals surface area contributed by atoms with Crippen LogP contribution < -0.4 is 5.32 Å². The van der Waals surface area contributed by atoms with Gasteiger partial charge in [0.05, 0.1) is 6.42 Å². The molecule has 0 aliphatic heterocycles. The fourth-order valence-corrected chi connectivity index (χ4v) is 3.80. The van der Waals surface area contributed by atoms with Gasteiger partial charge in [0.2, 0.25) is 11.8 Å². The molecule has 2 aliphatic rings. The topological polar surface area (TPSA) is 68.0 Å². The van der Waals surface area contributed by atoms with Crippen LogP contribution in [-0.2, 0) is 11.2 Å². The molecule has 5 nitrogen and oxygen atoms in total. The van der Waals surface area contributed by atoms with E-state index in [0.29, 0.717) is 29.6 Å². The van der Waals surface area contributed by atoms with Gasteiger partial charge in [-0.15, -0.1) is 0 Å². The van der Waals surface area contributed by atoms with Crippen LogP contribution >= 0.6 is 0 Å². The van der Waals surface area contributed by atoms with E-state index in [4.69, 9.17) is 4.52 Å². The second-order valence-corrected chi connectivity index (χ2v) is 7.08. The minimum atomic E-state index is 0.000464. The second kappa shape index (κ2) is 6.38. The fraction of sp³-hybridized carbons (Fsp3) is 0.526. The van der Waals surface area contributed by atoms with Gasteiger partial charge in [0, 0.05) is 12.0 Å². The third kappa shape index (κ3) is 3.21. The van der Waals surface area contributed by atoms with Crippen molar-refractivity contribution >= 4 is 5.91 Å². The molecule has 2 fully saturated rings. The molecule has 2 aliphatic carbocycles. The number of amides is 1. The van der Waals surface area contributed by atoms with Crippen LogP contribution in [0.4, 0.5) is 0 Å². The molecule has 2 aromatic rings. The number of rotatable bonds is 5. The van der Waals surface area contributed by atoms with Crippen LogP contribution in [0, 0.1) is 6.92 Å². The van der Waals surface area contributed by atoms with Crippen molar-refractivity contribution in [2.75, 3.05) is 0 Å². The molecule has 0 bridgehead atoms. The van der Waals surface area contributed by atoms with Gasteiger partial charge in [-0.1, -0.05) is 42.3 Å². The number of carbonyl (C=O) groups is 1. The predicted molar refractivity (Wildman–Crippen MR) is 89.7 cm³/mol. The van der Waals surface area contributed by atoms with Crippen LogP contribution in [0.3, 0.4) is 0 Å². The summed E-state index contributed by atoms with van der Waals surface area (Å²) in [6.07, 6.45) is 5.84. The Balaban J connectivity index is 1.36. The molecule has 126 valence electrons. The van der Waals surface area contributed by atoms with E-state index >= 15 is 0 Å². The zero-order chi connectivity index (χ0) is 16.5. The lowest BCUT2D eigenvalue weighted by atomic mass is 10.0. The number of hydrogen-bond donors (Lipinski definition) is 1. The summed E-state index contributed by atoms with van der Waals surface area (Å²) in [5.74, 6) is 1.93. The molecule has 1 heterocycles. The third-order valence-electron chi connectivity index (χ3n) is 5.22. The van der Waals surface area contributed by atoms with Gasteiger partial charge in [-0.3, -0.25) is 4.79 Å². The lowest BCUT2D eigenvalue weighted by Gasteiger charge is -2.10. The van der Waals surface area contributed by atoms with Gasteiger partial charge in [-0.25, -0.2) is 0 Å². The molecule has 0 radical (unpaired) electrons. The van der Waals surface area contributed by atoms with Crippen molar-refractivity contribution < 1.29 is 9.32 Å². The average Bonchev–Trinajstić information content (AvgIpc) is 2.94. The lowest BCUT2D eigenvalue weighted by molar-refractivity contribution is -0.121. The largest absolute Gasteiger partial charge is 0.353 e. The molecule has 1 aromatic carbocycles. The standard InChI is InChI=1S/C19H23N3O2/c1-12-6-2-5-9-14(12)15-10-16(15)19-21-17(22-24-19)11-18(23)20-13-7-3-4-8-13/h2,5-6,9,13,15-16H,3-4,7-8,10-11H2,1H3,(H,20,23)/t15-,16+/m1/s1. The highest BCUT2D eigenvalue weighted by Gasteiger charge is 2.44. The first-order chi connectivity index (χ1) is 11.7. The Morgan fingerprint density at radius 1 is 1.25 bits per heavy atom. The van der Waals surface area contributed by atoms with Crippen molar-refractivity contribution in [2.45, 2.75) is 63.3 Å². The SMILES string of the molecule is Cc1ccccc1[C@H]1C[C@@H]1c1nc(CC(=O)NC2CCCC2)no1. The molecule has 2 saturated carbocycles. The molecule has 0 saturated heterocycles. The Labute approximate surface area is 141 Å². The molecule has 5 heteroatoms. The fourth-order valence-electron chi connectivity index (χ4n) is 3.80. The van der Waals surface area contributed by atoms with Crippen molar-refractivity contribution in [3.05, 3.63) is 47.1 Å². The maximum absolute atomic E-state index is 12.1. The molecule has 24 heavy (non-hydrogen) atoms. The highest BCUT2D eigenvalue weighted by atomic mass is 16.5. The zero-order valence-electron chi connectivity index (χ0n) is 14.0. The van der Waals surface area contributed by atoms with E-state index in [1.54, 1.807) is 0 Å². The number of nitrogens with zero attached hydrogens (tertiary/aromatic N) is 2. The van der Waals surface area contributed by atoms with E-state index in [2.05, 4.69) is 46.6 Å². The van der Waals surface area contributed by atoms with Crippen LogP contribution in [0.1, 0.15) is 66.8 Å². The average molecular weight is 325 g/mol. The summed E-state index contributed by atoms with van der Waals surface area (Å²) in [5, 5.41) is 7.06. The summed E-state index contributed by atoms with van der Waals surface area (Å²) in [4.78, 5) is 16.5. The Bertz CT molecular complexity index is 734. The monoisotopic (exact) mass is 325 g/mol. The van der Waals surface area contributed by atoms with E-state index in [-0.39, 0.29) is 12.3 Å². The number of benzene rings is 1. The van der Waals surface area contributed by atoms with Gasteiger partial charge in [0.15, 0.2) is 5.82 Å². The molecule has 1 aromatic heterocycles. The van der Waals surface area contributed by atoms with Gasteiger partial charge in [-0.2, -0.15) is 4.98 Å². The normalized spacial score (nSPS) is 23.4. The van der Waals surface area contributed by atoms with Crippen molar-refractivity contribution in [2.24, 2.45) is 0 Å². The van der Waals surface area contributed by atoms with Crippen molar-refractivity contribution in [1.82, 2.24) is 15.5 Å². The first-order valence-electron chi connectivity index (χ1n) is 8.88. The van der Waals surface area contributed by atoms with Crippen molar-refractivity contribution in [3.63, 3.8) is 0 Å². The number of hydrogen-bond acceptors (Lipinski definition) is 4. The van der Waals surface area contributed by atoms with Gasteiger partial charge in [0.1, 0.15) is 0 Å².